The third-order valence-corrected chi connectivity index (χ3v) is 2.68. The third kappa shape index (κ3) is 4.64. The van der Waals surface area contributed by atoms with Crippen LogP contribution >= 0.6 is 0 Å². The SMILES string of the molecule is CC(CO)NC(=O)C(=O)Nc1cccc(C(C)(C)O)c1. The summed E-state index contributed by atoms with van der Waals surface area (Å²) in [5.74, 6) is -1.64. The lowest BCUT2D eigenvalue weighted by Crippen LogP contribution is -2.42. The summed E-state index contributed by atoms with van der Waals surface area (Å²) >= 11 is 0. The Morgan fingerprint density at radius 3 is 2.50 bits per heavy atom. The lowest BCUT2D eigenvalue weighted by atomic mass is 9.98. The number of carbonyl (C=O) groups excluding carboxylic acids is 2. The summed E-state index contributed by atoms with van der Waals surface area (Å²) in [6, 6.07) is 6.13. The fourth-order valence-electron chi connectivity index (χ4n) is 1.50. The zero-order valence-electron chi connectivity index (χ0n) is 11.8. The molecule has 2 amide bonds. The van der Waals surface area contributed by atoms with Crippen LogP contribution in [0, 0.1) is 0 Å². The number of aliphatic hydroxyl groups excluding tert-OH is 1. The first-order chi connectivity index (χ1) is 9.24. The van der Waals surface area contributed by atoms with Gasteiger partial charge in [-0.2, -0.15) is 0 Å². The number of hydrogen-bond donors (Lipinski definition) is 4. The number of anilines is 1. The molecule has 4 N–H and O–H groups in total. The van der Waals surface area contributed by atoms with Crippen LogP contribution in [0.5, 0.6) is 0 Å². The molecule has 0 aliphatic rings. The van der Waals surface area contributed by atoms with Crippen molar-refractivity contribution in [3.8, 4) is 0 Å². The van der Waals surface area contributed by atoms with E-state index in [2.05, 4.69) is 10.6 Å². The molecule has 0 heterocycles. The van der Waals surface area contributed by atoms with Gasteiger partial charge in [0.15, 0.2) is 0 Å². The van der Waals surface area contributed by atoms with Crippen LogP contribution in [0.1, 0.15) is 26.3 Å². The second-order valence-electron chi connectivity index (χ2n) is 5.15. The van der Waals surface area contributed by atoms with E-state index < -0.39 is 23.5 Å². The summed E-state index contributed by atoms with van der Waals surface area (Å²) in [6.07, 6.45) is 0. The van der Waals surface area contributed by atoms with E-state index in [1.54, 1.807) is 45.0 Å². The predicted octanol–water partition coefficient (Wildman–Crippen LogP) is 0.349. The highest BCUT2D eigenvalue weighted by Gasteiger charge is 2.18. The highest BCUT2D eigenvalue weighted by molar-refractivity contribution is 6.39. The molecule has 1 aromatic carbocycles. The largest absolute Gasteiger partial charge is 0.394 e. The van der Waals surface area contributed by atoms with Gasteiger partial charge in [-0.25, -0.2) is 0 Å². The van der Waals surface area contributed by atoms with E-state index in [1.165, 1.54) is 0 Å². The Morgan fingerprint density at radius 1 is 1.30 bits per heavy atom. The van der Waals surface area contributed by atoms with Crippen LogP contribution in [0.15, 0.2) is 24.3 Å². The average molecular weight is 280 g/mol. The lowest BCUT2D eigenvalue weighted by Gasteiger charge is -2.18. The van der Waals surface area contributed by atoms with Gasteiger partial charge in [0.05, 0.1) is 12.2 Å². The molecular formula is C14H20N2O4. The molecular weight excluding hydrogens is 260 g/mol. The maximum absolute atomic E-state index is 11.7. The molecule has 0 bridgehead atoms. The van der Waals surface area contributed by atoms with E-state index >= 15 is 0 Å². The number of nitrogens with one attached hydrogen (secondary N) is 2. The first-order valence-corrected chi connectivity index (χ1v) is 6.29. The molecule has 20 heavy (non-hydrogen) atoms. The Hall–Kier alpha value is -1.92. The van der Waals surface area contributed by atoms with Crippen LogP contribution < -0.4 is 10.6 Å². The molecule has 1 rings (SSSR count). The van der Waals surface area contributed by atoms with Gasteiger partial charge in [-0.05, 0) is 38.5 Å². The third-order valence-electron chi connectivity index (χ3n) is 2.68. The number of benzene rings is 1. The van der Waals surface area contributed by atoms with Crippen molar-refractivity contribution in [1.82, 2.24) is 5.32 Å². The van der Waals surface area contributed by atoms with Crippen LogP contribution in [-0.4, -0.2) is 34.7 Å². The van der Waals surface area contributed by atoms with Gasteiger partial charge in [0.1, 0.15) is 0 Å². The van der Waals surface area contributed by atoms with E-state index in [0.717, 1.165) is 0 Å². The van der Waals surface area contributed by atoms with Crippen molar-refractivity contribution in [2.75, 3.05) is 11.9 Å². The quantitative estimate of drug-likeness (QED) is 0.598. The van der Waals surface area contributed by atoms with Crippen LogP contribution in [0.4, 0.5) is 5.69 Å². The van der Waals surface area contributed by atoms with Crippen LogP contribution in [-0.2, 0) is 15.2 Å². The Labute approximate surface area is 117 Å². The summed E-state index contributed by atoms with van der Waals surface area (Å²) in [5.41, 5.74) is 0.00913. The molecule has 6 heteroatoms. The molecule has 0 saturated heterocycles. The van der Waals surface area contributed by atoms with Crippen molar-refractivity contribution in [2.24, 2.45) is 0 Å². The maximum Gasteiger partial charge on any atom is 0.313 e. The van der Waals surface area contributed by atoms with Crippen molar-refractivity contribution in [3.05, 3.63) is 29.8 Å². The smallest absolute Gasteiger partial charge is 0.313 e. The summed E-state index contributed by atoms with van der Waals surface area (Å²) < 4.78 is 0. The van der Waals surface area contributed by atoms with Crippen molar-refractivity contribution in [2.45, 2.75) is 32.4 Å². The molecule has 110 valence electrons. The van der Waals surface area contributed by atoms with E-state index in [9.17, 15) is 14.7 Å². The standard InChI is InChI=1S/C14H20N2O4/c1-9(8-17)15-12(18)13(19)16-11-6-4-5-10(7-11)14(2,3)20/h4-7,9,17,20H,8H2,1-3H3,(H,15,18)(H,16,19). The second kappa shape index (κ2) is 6.49. The molecule has 1 aromatic rings. The molecule has 0 spiro atoms. The monoisotopic (exact) mass is 280 g/mol. The number of hydrogen-bond acceptors (Lipinski definition) is 4. The van der Waals surface area contributed by atoms with Gasteiger partial charge in [-0.1, -0.05) is 12.1 Å². The molecule has 0 saturated carbocycles. The van der Waals surface area contributed by atoms with Crippen LogP contribution in [0.2, 0.25) is 0 Å². The second-order valence-corrected chi connectivity index (χ2v) is 5.15. The number of rotatable bonds is 4. The Bertz CT molecular complexity index is 494. The molecule has 1 unspecified atom stereocenters. The van der Waals surface area contributed by atoms with Crippen molar-refractivity contribution < 1.29 is 19.8 Å². The van der Waals surface area contributed by atoms with Crippen molar-refractivity contribution in [3.63, 3.8) is 0 Å². The first kappa shape index (κ1) is 16.1. The van der Waals surface area contributed by atoms with Gasteiger partial charge in [0.25, 0.3) is 0 Å². The fourth-order valence-corrected chi connectivity index (χ4v) is 1.50. The molecule has 0 radical (unpaired) electrons. The van der Waals surface area contributed by atoms with E-state index in [-0.39, 0.29) is 6.61 Å². The van der Waals surface area contributed by atoms with Gasteiger partial charge in [0.2, 0.25) is 0 Å². The highest BCUT2D eigenvalue weighted by atomic mass is 16.3. The number of aliphatic hydroxyl groups is 2. The fraction of sp³-hybridized carbons (Fsp3) is 0.429. The summed E-state index contributed by atoms with van der Waals surface area (Å²) in [6.45, 7) is 4.60. The summed E-state index contributed by atoms with van der Waals surface area (Å²) in [5, 5.41) is 23.5. The molecule has 6 nitrogen and oxygen atoms in total. The van der Waals surface area contributed by atoms with Crippen LogP contribution in [0.25, 0.3) is 0 Å². The topological polar surface area (TPSA) is 98.7 Å². The van der Waals surface area contributed by atoms with Gasteiger partial charge in [-0.3, -0.25) is 9.59 Å². The van der Waals surface area contributed by atoms with E-state index in [4.69, 9.17) is 5.11 Å². The Morgan fingerprint density at radius 2 is 1.95 bits per heavy atom. The average Bonchev–Trinajstić information content (AvgIpc) is 2.37. The minimum absolute atomic E-state index is 0.243. The zero-order chi connectivity index (χ0) is 15.3. The maximum atomic E-state index is 11.7. The van der Waals surface area contributed by atoms with Crippen LogP contribution in [0.3, 0.4) is 0 Å². The zero-order valence-corrected chi connectivity index (χ0v) is 11.8. The summed E-state index contributed by atoms with van der Waals surface area (Å²) in [4.78, 5) is 23.2. The molecule has 0 aromatic heterocycles. The van der Waals surface area contributed by atoms with E-state index in [0.29, 0.717) is 11.3 Å². The minimum Gasteiger partial charge on any atom is -0.394 e. The van der Waals surface area contributed by atoms with Gasteiger partial charge < -0.3 is 20.8 Å². The van der Waals surface area contributed by atoms with Crippen molar-refractivity contribution in [1.29, 1.82) is 0 Å². The summed E-state index contributed by atoms with van der Waals surface area (Å²) in [7, 11) is 0. The van der Waals surface area contributed by atoms with Gasteiger partial charge >= 0.3 is 11.8 Å². The molecule has 0 aliphatic carbocycles. The Balaban J connectivity index is 2.74. The van der Waals surface area contributed by atoms with Gasteiger partial charge in [-0.15, -0.1) is 0 Å². The number of carbonyl (C=O) groups is 2. The van der Waals surface area contributed by atoms with Gasteiger partial charge in [0, 0.05) is 11.7 Å². The Kier molecular flexibility index (Phi) is 5.24. The lowest BCUT2D eigenvalue weighted by molar-refractivity contribution is -0.136. The first-order valence-electron chi connectivity index (χ1n) is 6.29. The molecule has 0 aliphatic heterocycles. The highest BCUT2D eigenvalue weighted by Crippen LogP contribution is 2.22. The number of amides is 2. The predicted molar refractivity (Wildman–Crippen MR) is 75.0 cm³/mol. The minimum atomic E-state index is -1.03. The molecule has 0 fully saturated rings. The normalized spacial score (nSPS) is 12.7. The van der Waals surface area contributed by atoms with E-state index in [1.807, 2.05) is 0 Å². The van der Waals surface area contributed by atoms with Crippen molar-refractivity contribution >= 4 is 17.5 Å². The molecule has 1 atom stereocenters.